The molecular weight excluding hydrogens is 1300 g/mol. The van der Waals surface area contributed by atoms with E-state index in [1.165, 1.54) is 197 Å². The predicted molar refractivity (Wildman–Crippen MR) is 494 cm³/mol. The van der Waals surface area contributed by atoms with E-state index in [2.05, 4.69) is 385 Å². The fraction of sp³-hybridized carbons (Fsp3) is 0.667. The van der Waals surface area contributed by atoms with Gasteiger partial charge in [-0.3, -0.25) is 0 Å². The van der Waals surface area contributed by atoms with Crippen molar-refractivity contribution in [2.45, 2.75) is 471 Å². The van der Waals surface area contributed by atoms with E-state index in [0.717, 1.165) is 0 Å². The summed E-state index contributed by atoms with van der Waals surface area (Å²) in [6.45, 7) is 91.0. The smallest absolute Gasteiger partial charge is 0.00777 e. The van der Waals surface area contributed by atoms with Gasteiger partial charge in [0.2, 0.25) is 0 Å². The lowest BCUT2D eigenvalue weighted by atomic mass is 9.66. The van der Waals surface area contributed by atoms with Crippen LogP contribution >= 0.6 is 0 Å². The van der Waals surface area contributed by atoms with Gasteiger partial charge in [0, 0.05) is 0 Å². The summed E-state index contributed by atoms with van der Waals surface area (Å²) in [5.74, 6) is 0. The highest BCUT2D eigenvalue weighted by molar-refractivity contribution is 5.49. The van der Waals surface area contributed by atoms with Gasteiger partial charge in [-0.25, -0.2) is 0 Å². The van der Waals surface area contributed by atoms with Gasteiger partial charge in [0.05, 0.1) is 0 Å². The summed E-state index contributed by atoms with van der Waals surface area (Å²) in [7, 11) is 0. The van der Waals surface area contributed by atoms with Gasteiger partial charge < -0.3 is 0 Å². The van der Waals surface area contributed by atoms with E-state index in [1.54, 1.807) is 38.9 Å². The lowest BCUT2D eigenvalue weighted by molar-refractivity contribution is 0.406. The van der Waals surface area contributed by atoms with Crippen molar-refractivity contribution in [1.29, 1.82) is 0 Å². The summed E-state index contributed by atoms with van der Waals surface area (Å²) in [6, 6.07) is 44.4. The molecule has 0 aliphatic carbocycles. The minimum absolute atomic E-state index is 0.277. The topological polar surface area (TPSA) is 0 Å². The summed E-state index contributed by atoms with van der Waals surface area (Å²) < 4.78 is 0. The van der Waals surface area contributed by atoms with Crippen molar-refractivity contribution in [1.82, 2.24) is 0 Å². The largest absolute Gasteiger partial charge is 0.0645 e. The lowest BCUT2D eigenvalue weighted by Gasteiger charge is -2.38. The third kappa shape index (κ3) is 24.9. The highest BCUT2D eigenvalue weighted by Gasteiger charge is 2.36. The molecule has 0 aliphatic rings. The molecule has 0 heteroatoms. The van der Waals surface area contributed by atoms with Gasteiger partial charge in [-0.1, -0.05) is 360 Å². The molecule has 0 amide bonds. The Kier molecular flexibility index (Phi) is 41.9. The third-order valence-corrected chi connectivity index (χ3v) is 31.7. The molecule has 0 saturated heterocycles. The summed E-state index contributed by atoms with van der Waals surface area (Å²) in [6.07, 6.45) is 26.6. The van der Waals surface area contributed by atoms with Crippen molar-refractivity contribution in [2.24, 2.45) is 0 Å². The van der Waals surface area contributed by atoms with Crippen LogP contribution in [0.15, 0.2) is 115 Å². The lowest BCUT2D eigenvalue weighted by Crippen LogP contribution is -2.29. The van der Waals surface area contributed by atoms with Crippen molar-refractivity contribution in [2.75, 3.05) is 0 Å². The molecule has 0 saturated carbocycles. The van der Waals surface area contributed by atoms with Crippen LogP contribution in [0.25, 0.3) is 0 Å². The van der Waals surface area contributed by atoms with E-state index >= 15 is 0 Å². The van der Waals surface area contributed by atoms with E-state index in [-0.39, 0.29) is 16.2 Å². The van der Waals surface area contributed by atoms with Crippen LogP contribution in [0.1, 0.15) is 464 Å². The van der Waals surface area contributed by atoms with Crippen LogP contribution in [0.3, 0.4) is 0 Å². The zero-order valence-electron chi connectivity index (χ0n) is 79.5. The predicted octanol–water partition coefficient (Wildman–Crippen LogP) is 34.8. The molecule has 108 heavy (non-hydrogen) atoms. The second kappa shape index (κ2) is 44.7. The van der Waals surface area contributed by atoms with E-state index in [0.29, 0.717) is 43.3 Å². The first-order chi connectivity index (χ1) is 50.4. The van der Waals surface area contributed by atoms with Crippen LogP contribution in [-0.4, -0.2) is 0 Å². The minimum Gasteiger partial charge on any atom is -0.0645 e. The first kappa shape index (κ1) is 101. The number of hydrogen-bond acceptors (Lipinski definition) is 0. The molecule has 0 atom stereocenters. The van der Waals surface area contributed by atoms with Gasteiger partial charge in [0.25, 0.3) is 0 Å². The second-order valence-corrected chi connectivity index (χ2v) is 37.0. The van der Waals surface area contributed by atoms with Crippen LogP contribution in [0, 0.1) is 41.5 Å². The molecule has 6 aromatic carbocycles. The molecule has 0 bridgehead atoms. The fourth-order valence-corrected chi connectivity index (χ4v) is 16.5. The van der Waals surface area contributed by atoms with Crippen LogP contribution < -0.4 is 0 Å². The molecule has 612 valence electrons. The third-order valence-electron chi connectivity index (χ3n) is 31.7. The zero-order valence-corrected chi connectivity index (χ0v) is 79.5. The van der Waals surface area contributed by atoms with Crippen molar-refractivity contribution >= 4 is 0 Å². The Morgan fingerprint density at radius 1 is 0.167 bits per heavy atom. The van der Waals surface area contributed by atoms with Crippen molar-refractivity contribution in [3.8, 4) is 0 Å². The summed E-state index contributed by atoms with van der Waals surface area (Å²) in [4.78, 5) is 0. The second-order valence-electron chi connectivity index (χ2n) is 37.0. The highest BCUT2D eigenvalue weighted by atomic mass is 14.4. The summed E-state index contributed by atoms with van der Waals surface area (Å²) >= 11 is 0. The quantitative estimate of drug-likeness (QED) is 0.0385. The number of rotatable bonds is 33. The van der Waals surface area contributed by atoms with Crippen LogP contribution in [0.5, 0.6) is 0 Å². The Morgan fingerprint density at radius 3 is 0.694 bits per heavy atom. The molecule has 0 spiro atoms. The van der Waals surface area contributed by atoms with Gasteiger partial charge >= 0.3 is 0 Å². The Morgan fingerprint density at radius 2 is 0.389 bits per heavy atom. The molecular formula is C108H180. The van der Waals surface area contributed by atoms with Crippen LogP contribution in [0.4, 0.5) is 0 Å². The summed E-state index contributed by atoms with van der Waals surface area (Å²) in [5, 5.41) is 0. The summed E-state index contributed by atoms with van der Waals surface area (Å²) in [5.41, 5.74) is 29.1. The van der Waals surface area contributed by atoms with Gasteiger partial charge in [0.15, 0.2) is 0 Å². The Bertz CT molecular complexity index is 3350. The monoisotopic (exact) mass is 1480 g/mol. The van der Waals surface area contributed by atoms with Gasteiger partial charge in [-0.05, 0) is 320 Å². The maximum absolute atomic E-state index is 2.57. The molecule has 6 aromatic rings. The maximum Gasteiger partial charge on any atom is -0.00777 e. The van der Waals surface area contributed by atoms with E-state index in [1.807, 2.05) is 0 Å². The van der Waals surface area contributed by atoms with Gasteiger partial charge in [0.1, 0.15) is 0 Å². The zero-order chi connectivity index (χ0) is 83.3. The molecule has 0 unspecified atom stereocenters. The minimum atomic E-state index is 0.277. The molecule has 0 radical (unpaired) electrons. The Balaban J connectivity index is 0.000000656. The first-order valence-corrected chi connectivity index (χ1v) is 45.1. The van der Waals surface area contributed by atoms with Crippen LogP contribution in [-0.2, 0) is 59.6 Å². The molecule has 0 heterocycles. The number of benzene rings is 6. The van der Waals surface area contributed by atoms with Gasteiger partial charge in [-0.2, -0.15) is 0 Å². The molecule has 0 nitrogen and oxygen atoms in total. The van der Waals surface area contributed by atoms with E-state index in [9.17, 15) is 0 Å². The molecule has 0 aromatic heterocycles. The molecule has 0 aliphatic heterocycles. The Hall–Kier alpha value is -4.68. The fourth-order valence-electron chi connectivity index (χ4n) is 16.5. The first-order valence-electron chi connectivity index (χ1n) is 45.1. The van der Waals surface area contributed by atoms with E-state index in [4.69, 9.17) is 0 Å². The highest BCUT2D eigenvalue weighted by Crippen LogP contribution is 2.47. The standard InChI is InChI=1S/C25H44.3C19H32.2C13H20/c1-11-23(8,12-2)20-17-21(24(9,13-3)14-4)19(7)22(18-20)25(10,15-5)16-6;1-8-18(6,9-2)16-12-15(5)13-17(14-16)19(7,10-3)11-4;1-8-18(6,9-2)16-13-12-15(5)17(14-16)19(7,10-3)11-4;1-8-18(6,9-2)16-13-12-14-17(15(16)5)19(7,10-3)11-4;1-5-13(4,6-2)12-9-7-11(3)8-10-12;1-5-13(4,6-2)12-9-7-8-11(3)10-12/h17-18H,11-16H2,1-10H3;3*12-14H,8-11H2,1-7H3;2*7-10H,5-6H2,1-4H3. The van der Waals surface area contributed by atoms with Crippen LogP contribution in [0.2, 0.25) is 0 Å². The van der Waals surface area contributed by atoms with Crippen molar-refractivity contribution in [3.63, 3.8) is 0 Å². The maximum atomic E-state index is 2.57. The average Bonchev–Trinajstić information content (AvgIpc) is 0.759. The van der Waals surface area contributed by atoms with Gasteiger partial charge in [-0.15, -0.1) is 0 Å². The number of aryl methyl sites for hydroxylation is 4. The average molecular weight is 1480 g/mol. The molecule has 0 N–H and O–H groups in total. The normalized spacial score (nSPS) is 12.7. The Labute approximate surface area is 676 Å². The van der Waals surface area contributed by atoms with E-state index < -0.39 is 0 Å². The van der Waals surface area contributed by atoms with Crippen molar-refractivity contribution < 1.29 is 0 Å². The van der Waals surface area contributed by atoms with Crippen molar-refractivity contribution in [3.05, 3.63) is 210 Å². The molecule has 6 rings (SSSR count). The number of hydrogen-bond donors (Lipinski definition) is 0. The molecule has 0 fully saturated rings. The SMILES string of the molecule is CCC(C)(CC)c1cc(C(C)(CC)CC)c(C)c(C(C)(CC)CC)c1.CCC(C)(CC)c1cc(C)cc(C(C)(CC)CC)c1.CCC(C)(CC)c1ccc(C)c(C(C)(CC)CC)c1.CCC(C)(CC)c1ccc(C)cc1.CCC(C)(CC)c1cccc(C(C)(CC)CC)c1C.CCC(C)(CC)c1cccc(C)c1.